The maximum Gasteiger partial charge on any atom is 0.337 e. The first-order valence-corrected chi connectivity index (χ1v) is 6.43. The number of aromatic nitrogens is 1. The highest BCUT2D eigenvalue weighted by Crippen LogP contribution is 2.15. The zero-order valence-electron chi connectivity index (χ0n) is 9.46. The van der Waals surface area contributed by atoms with Crippen LogP contribution in [0.2, 0.25) is 0 Å². The van der Waals surface area contributed by atoms with Crippen molar-refractivity contribution in [2.45, 2.75) is 11.4 Å². The maximum atomic E-state index is 10.7. The van der Waals surface area contributed by atoms with Crippen LogP contribution >= 0.6 is 11.8 Å². The van der Waals surface area contributed by atoms with E-state index in [0.29, 0.717) is 12.1 Å². The molecular formula is C13H13NO2S. The van der Waals surface area contributed by atoms with E-state index in [9.17, 15) is 4.79 Å². The number of nitrogens with zero attached hydrogens (tertiary/aromatic N) is 1. The van der Waals surface area contributed by atoms with Crippen LogP contribution in [0, 0.1) is 0 Å². The number of thioether (sulfide) groups is 1. The van der Waals surface area contributed by atoms with Crippen LogP contribution in [0.5, 0.6) is 0 Å². The fourth-order valence-electron chi connectivity index (χ4n) is 1.61. The third kappa shape index (κ3) is 2.91. The van der Waals surface area contributed by atoms with Gasteiger partial charge in [-0.3, -0.25) is 0 Å². The van der Waals surface area contributed by atoms with Crippen molar-refractivity contribution < 1.29 is 9.90 Å². The molecular weight excluding hydrogens is 234 g/mol. The Morgan fingerprint density at radius 2 is 2.00 bits per heavy atom. The van der Waals surface area contributed by atoms with Gasteiger partial charge in [-0.15, -0.1) is 11.8 Å². The number of carboxylic acid groups (broad SMARTS) is 1. The summed E-state index contributed by atoms with van der Waals surface area (Å²) in [6.07, 6.45) is 5.47. The molecule has 0 bridgehead atoms. The van der Waals surface area contributed by atoms with E-state index in [2.05, 4.69) is 24.3 Å². The third-order valence-corrected chi connectivity index (χ3v) is 3.27. The molecule has 4 heteroatoms. The van der Waals surface area contributed by atoms with Crippen molar-refractivity contribution in [2.24, 2.45) is 0 Å². The van der Waals surface area contributed by atoms with E-state index in [1.54, 1.807) is 30.2 Å². The van der Waals surface area contributed by atoms with Gasteiger partial charge >= 0.3 is 5.97 Å². The number of carboxylic acids is 1. The fourth-order valence-corrected chi connectivity index (χ4v) is 2.02. The van der Waals surface area contributed by atoms with Crippen molar-refractivity contribution in [3.63, 3.8) is 0 Å². The van der Waals surface area contributed by atoms with Crippen molar-refractivity contribution >= 4 is 17.7 Å². The zero-order chi connectivity index (χ0) is 12.3. The van der Waals surface area contributed by atoms with Crippen molar-refractivity contribution in [3.05, 3.63) is 53.9 Å². The van der Waals surface area contributed by atoms with Gasteiger partial charge in [0.05, 0.1) is 5.56 Å². The molecule has 17 heavy (non-hydrogen) atoms. The molecule has 0 aliphatic carbocycles. The number of rotatable bonds is 4. The van der Waals surface area contributed by atoms with E-state index < -0.39 is 5.97 Å². The quantitative estimate of drug-likeness (QED) is 0.845. The SMILES string of the molecule is CSc1ccc(Cn2ccc(C(=O)O)c2)cc1. The number of benzene rings is 1. The molecule has 1 heterocycles. The minimum Gasteiger partial charge on any atom is -0.478 e. The minimum absolute atomic E-state index is 0.325. The molecule has 0 atom stereocenters. The Balaban J connectivity index is 2.11. The minimum atomic E-state index is -0.888. The first-order valence-electron chi connectivity index (χ1n) is 5.21. The summed E-state index contributed by atoms with van der Waals surface area (Å²) in [5.74, 6) is -0.888. The molecule has 0 aliphatic rings. The Bertz CT molecular complexity index is 516. The molecule has 1 aromatic heterocycles. The maximum absolute atomic E-state index is 10.7. The summed E-state index contributed by atoms with van der Waals surface area (Å²) in [7, 11) is 0. The third-order valence-electron chi connectivity index (χ3n) is 2.52. The molecule has 0 saturated heterocycles. The molecule has 0 radical (unpaired) electrons. The van der Waals surface area contributed by atoms with Crippen molar-refractivity contribution in [1.29, 1.82) is 0 Å². The molecule has 2 rings (SSSR count). The molecule has 0 amide bonds. The Labute approximate surface area is 104 Å². The number of hydrogen-bond donors (Lipinski definition) is 1. The van der Waals surface area contributed by atoms with Crippen LogP contribution in [-0.4, -0.2) is 21.9 Å². The predicted molar refractivity (Wildman–Crippen MR) is 68.7 cm³/mol. The van der Waals surface area contributed by atoms with E-state index in [1.165, 1.54) is 4.90 Å². The molecule has 1 aromatic carbocycles. The van der Waals surface area contributed by atoms with Gasteiger partial charge in [0.15, 0.2) is 0 Å². The van der Waals surface area contributed by atoms with Crippen molar-refractivity contribution in [1.82, 2.24) is 4.57 Å². The smallest absolute Gasteiger partial charge is 0.337 e. The summed E-state index contributed by atoms with van der Waals surface area (Å²) in [5.41, 5.74) is 1.49. The van der Waals surface area contributed by atoms with E-state index in [4.69, 9.17) is 5.11 Å². The average molecular weight is 247 g/mol. The molecule has 0 spiro atoms. The van der Waals surface area contributed by atoms with Crippen LogP contribution in [0.3, 0.4) is 0 Å². The van der Waals surface area contributed by atoms with E-state index >= 15 is 0 Å². The van der Waals surface area contributed by atoms with Crippen LogP contribution in [0.4, 0.5) is 0 Å². The molecule has 88 valence electrons. The molecule has 0 fully saturated rings. The van der Waals surface area contributed by atoms with E-state index in [-0.39, 0.29) is 0 Å². The van der Waals surface area contributed by atoms with Gasteiger partial charge in [-0.25, -0.2) is 4.79 Å². The number of hydrogen-bond acceptors (Lipinski definition) is 2. The van der Waals surface area contributed by atoms with Crippen molar-refractivity contribution in [3.8, 4) is 0 Å². The van der Waals surface area contributed by atoms with Crippen LogP contribution < -0.4 is 0 Å². The van der Waals surface area contributed by atoms with Crippen molar-refractivity contribution in [2.75, 3.05) is 6.26 Å². The van der Waals surface area contributed by atoms with Gasteiger partial charge in [-0.05, 0) is 30.0 Å². The van der Waals surface area contributed by atoms with Gasteiger partial charge in [0, 0.05) is 23.8 Å². The normalized spacial score (nSPS) is 10.4. The first kappa shape index (κ1) is 11.8. The Hall–Kier alpha value is -1.68. The van der Waals surface area contributed by atoms with Gasteiger partial charge in [0.1, 0.15) is 0 Å². The molecule has 0 saturated carbocycles. The second-order valence-corrected chi connectivity index (χ2v) is 4.61. The van der Waals surface area contributed by atoms with E-state index in [0.717, 1.165) is 5.56 Å². The lowest BCUT2D eigenvalue weighted by molar-refractivity contribution is 0.0697. The lowest BCUT2D eigenvalue weighted by Crippen LogP contribution is -1.97. The summed E-state index contributed by atoms with van der Waals surface area (Å²) in [6, 6.07) is 9.88. The Kier molecular flexibility index (Phi) is 3.54. The van der Waals surface area contributed by atoms with E-state index in [1.807, 2.05) is 10.8 Å². The average Bonchev–Trinajstić information content (AvgIpc) is 2.79. The van der Waals surface area contributed by atoms with Crippen LogP contribution in [-0.2, 0) is 6.54 Å². The highest BCUT2D eigenvalue weighted by atomic mass is 32.2. The monoisotopic (exact) mass is 247 g/mol. The second kappa shape index (κ2) is 5.10. The number of carbonyl (C=O) groups is 1. The molecule has 1 N–H and O–H groups in total. The highest BCUT2D eigenvalue weighted by molar-refractivity contribution is 7.98. The molecule has 0 unspecified atom stereocenters. The molecule has 2 aromatic rings. The van der Waals surface area contributed by atoms with Gasteiger partial charge in [0.2, 0.25) is 0 Å². The topological polar surface area (TPSA) is 42.2 Å². The second-order valence-electron chi connectivity index (χ2n) is 3.73. The zero-order valence-corrected chi connectivity index (χ0v) is 10.3. The largest absolute Gasteiger partial charge is 0.478 e. The Morgan fingerprint density at radius 1 is 1.29 bits per heavy atom. The lowest BCUT2D eigenvalue weighted by Gasteiger charge is -2.04. The summed E-state index contributed by atoms with van der Waals surface area (Å²) in [5, 5.41) is 8.82. The summed E-state index contributed by atoms with van der Waals surface area (Å²) in [4.78, 5) is 12.0. The molecule has 3 nitrogen and oxygen atoms in total. The van der Waals surface area contributed by atoms with Crippen LogP contribution in [0.1, 0.15) is 15.9 Å². The predicted octanol–water partition coefficient (Wildman–Crippen LogP) is 2.96. The van der Waals surface area contributed by atoms with Crippen LogP contribution in [0.25, 0.3) is 0 Å². The van der Waals surface area contributed by atoms with Gasteiger partial charge in [-0.1, -0.05) is 12.1 Å². The number of aromatic carboxylic acids is 1. The standard InChI is InChI=1S/C13H13NO2S/c1-17-12-4-2-10(3-5-12)8-14-7-6-11(9-14)13(15)16/h2-7,9H,8H2,1H3,(H,15,16). The first-order chi connectivity index (χ1) is 8.19. The fraction of sp³-hybridized carbons (Fsp3) is 0.154. The lowest BCUT2D eigenvalue weighted by atomic mass is 10.2. The molecule has 0 aliphatic heterocycles. The highest BCUT2D eigenvalue weighted by Gasteiger charge is 2.04. The van der Waals surface area contributed by atoms with Gasteiger partial charge in [-0.2, -0.15) is 0 Å². The Morgan fingerprint density at radius 3 is 2.53 bits per heavy atom. The van der Waals surface area contributed by atoms with Gasteiger partial charge < -0.3 is 9.67 Å². The summed E-state index contributed by atoms with van der Waals surface area (Å²) < 4.78 is 1.87. The summed E-state index contributed by atoms with van der Waals surface area (Å²) >= 11 is 1.71. The van der Waals surface area contributed by atoms with Gasteiger partial charge in [0.25, 0.3) is 0 Å². The summed E-state index contributed by atoms with van der Waals surface area (Å²) in [6.45, 7) is 0.696. The van der Waals surface area contributed by atoms with Crippen LogP contribution in [0.15, 0.2) is 47.6 Å².